The number of hydrogen-bond donors (Lipinski definition) is 1. The van der Waals surface area contributed by atoms with Gasteiger partial charge in [-0.25, -0.2) is 0 Å². The second-order valence-corrected chi connectivity index (χ2v) is 8.52. The molecule has 156 valence electrons. The van der Waals surface area contributed by atoms with Gasteiger partial charge in [0.15, 0.2) is 6.10 Å². The van der Waals surface area contributed by atoms with Gasteiger partial charge in [0, 0.05) is 18.8 Å². The van der Waals surface area contributed by atoms with Crippen molar-refractivity contribution in [2.75, 3.05) is 18.0 Å². The van der Waals surface area contributed by atoms with E-state index in [1.807, 2.05) is 39.0 Å². The molecule has 1 aliphatic heterocycles. The Morgan fingerprint density at radius 3 is 2.38 bits per heavy atom. The standard InChI is InChI=1S/C25H34N2O2/c1-17-12-14-27(15-13-17)23-10-8-22(9-11-23)20(4)26-25(28)21(5)29-24-16-18(2)6-7-19(24)3/h6-11,16-17,20-21H,12-15H2,1-5H3,(H,26,28)/t20-,21-/m0/s1. The van der Waals surface area contributed by atoms with Gasteiger partial charge in [-0.15, -0.1) is 0 Å². The molecule has 1 aliphatic rings. The van der Waals surface area contributed by atoms with Gasteiger partial charge in [0.05, 0.1) is 6.04 Å². The van der Waals surface area contributed by atoms with E-state index >= 15 is 0 Å². The molecule has 0 spiro atoms. The number of amides is 1. The van der Waals surface area contributed by atoms with Crippen LogP contribution in [0.15, 0.2) is 42.5 Å². The summed E-state index contributed by atoms with van der Waals surface area (Å²) in [6.45, 7) is 12.4. The Hall–Kier alpha value is -2.49. The predicted octanol–water partition coefficient (Wildman–Crippen LogP) is 5.18. The van der Waals surface area contributed by atoms with Crippen molar-refractivity contribution in [1.29, 1.82) is 0 Å². The summed E-state index contributed by atoms with van der Waals surface area (Å²) in [5, 5.41) is 3.08. The van der Waals surface area contributed by atoms with Crippen molar-refractivity contribution in [3.05, 3.63) is 59.2 Å². The van der Waals surface area contributed by atoms with Crippen LogP contribution in [0.25, 0.3) is 0 Å². The minimum atomic E-state index is -0.549. The lowest BCUT2D eigenvalue weighted by atomic mass is 9.98. The fourth-order valence-corrected chi connectivity index (χ4v) is 3.73. The van der Waals surface area contributed by atoms with Gasteiger partial charge in [-0.2, -0.15) is 0 Å². The summed E-state index contributed by atoms with van der Waals surface area (Å²) in [6.07, 6.45) is 1.96. The SMILES string of the molecule is Cc1ccc(C)c(O[C@@H](C)C(=O)N[C@@H](C)c2ccc(N3CCC(C)CC3)cc2)c1. The van der Waals surface area contributed by atoms with Crippen LogP contribution in [0.3, 0.4) is 0 Å². The molecule has 1 fully saturated rings. The molecule has 1 heterocycles. The van der Waals surface area contributed by atoms with Gasteiger partial charge < -0.3 is 15.0 Å². The summed E-state index contributed by atoms with van der Waals surface area (Å²) < 4.78 is 5.91. The average molecular weight is 395 g/mol. The summed E-state index contributed by atoms with van der Waals surface area (Å²) in [4.78, 5) is 15.1. The van der Waals surface area contributed by atoms with Crippen LogP contribution in [-0.2, 0) is 4.79 Å². The molecule has 0 unspecified atom stereocenters. The summed E-state index contributed by atoms with van der Waals surface area (Å²) >= 11 is 0. The van der Waals surface area contributed by atoms with Crippen LogP contribution in [0.5, 0.6) is 5.75 Å². The molecule has 3 rings (SSSR count). The van der Waals surface area contributed by atoms with Gasteiger partial charge in [0.1, 0.15) is 5.75 Å². The number of carbonyl (C=O) groups is 1. The second-order valence-electron chi connectivity index (χ2n) is 8.52. The van der Waals surface area contributed by atoms with Crippen molar-refractivity contribution in [1.82, 2.24) is 5.32 Å². The third-order valence-corrected chi connectivity index (χ3v) is 5.92. The van der Waals surface area contributed by atoms with E-state index in [0.717, 1.165) is 41.4 Å². The van der Waals surface area contributed by atoms with Gasteiger partial charge in [-0.3, -0.25) is 4.79 Å². The maximum absolute atomic E-state index is 12.6. The molecule has 0 bridgehead atoms. The zero-order valence-electron chi connectivity index (χ0n) is 18.4. The summed E-state index contributed by atoms with van der Waals surface area (Å²) in [5.74, 6) is 1.49. The largest absolute Gasteiger partial charge is 0.481 e. The number of anilines is 1. The van der Waals surface area contributed by atoms with Crippen LogP contribution < -0.4 is 15.0 Å². The number of benzene rings is 2. The van der Waals surface area contributed by atoms with Crippen molar-refractivity contribution in [3.63, 3.8) is 0 Å². The third kappa shape index (κ3) is 5.53. The van der Waals surface area contributed by atoms with Crippen LogP contribution >= 0.6 is 0 Å². The topological polar surface area (TPSA) is 41.6 Å². The van der Waals surface area contributed by atoms with E-state index in [-0.39, 0.29) is 11.9 Å². The average Bonchev–Trinajstić information content (AvgIpc) is 2.71. The van der Waals surface area contributed by atoms with Gasteiger partial charge in [-0.1, -0.05) is 31.2 Å². The van der Waals surface area contributed by atoms with E-state index in [9.17, 15) is 4.79 Å². The van der Waals surface area contributed by atoms with Crippen LogP contribution in [0.4, 0.5) is 5.69 Å². The van der Waals surface area contributed by atoms with Gasteiger partial charge in [0.25, 0.3) is 5.91 Å². The first-order valence-corrected chi connectivity index (χ1v) is 10.7. The zero-order valence-corrected chi connectivity index (χ0v) is 18.4. The minimum absolute atomic E-state index is 0.0671. The number of ether oxygens (including phenoxy) is 1. The Labute approximate surface area is 175 Å². The molecule has 4 heteroatoms. The number of aryl methyl sites for hydroxylation is 2. The Balaban J connectivity index is 1.56. The normalized spacial score (nSPS) is 16.9. The first-order chi connectivity index (χ1) is 13.8. The first kappa shape index (κ1) is 21.2. The predicted molar refractivity (Wildman–Crippen MR) is 120 cm³/mol. The lowest BCUT2D eigenvalue weighted by Gasteiger charge is -2.32. The number of nitrogens with one attached hydrogen (secondary N) is 1. The molecule has 0 aromatic heterocycles. The maximum Gasteiger partial charge on any atom is 0.261 e. The summed E-state index contributed by atoms with van der Waals surface area (Å²) in [6, 6.07) is 14.5. The molecule has 0 aliphatic carbocycles. The lowest BCUT2D eigenvalue weighted by Crippen LogP contribution is -2.38. The molecular weight excluding hydrogens is 360 g/mol. The Morgan fingerprint density at radius 2 is 1.72 bits per heavy atom. The molecule has 2 aromatic rings. The molecule has 1 saturated heterocycles. The molecule has 0 saturated carbocycles. The van der Waals surface area contributed by atoms with E-state index in [2.05, 4.69) is 41.4 Å². The van der Waals surface area contributed by atoms with Crippen LogP contribution in [0.2, 0.25) is 0 Å². The molecule has 29 heavy (non-hydrogen) atoms. The smallest absolute Gasteiger partial charge is 0.261 e. The number of carbonyl (C=O) groups excluding carboxylic acids is 1. The molecule has 4 nitrogen and oxygen atoms in total. The van der Waals surface area contributed by atoms with E-state index in [0.29, 0.717) is 0 Å². The van der Waals surface area contributed by atoms with E-state index < -0.39 is 6.10 Å². The minimum Gasteiger partial charge on any atom is -0.481 e. The third-order valence-electron chi connectivity index (χ3n) is 5.92. The van der Waals surface area contributed by atoms with Crippen molar-refractivity contribution in [2.45, 2.75) is 59.6 Å². The monoisotopic (exact) mass is 394 g/mol. The van der Waals surface area contributed by atoms with Gasteiger partial charge >= 0.3 is 0 Å². The molecular formula is C25H34N2O2. The number of piperidine rings is 1. The van der Waals surface area contributed by atoms with E-state index in [1.165, 1.54) is 18.5 Å². The van der Waals surface area contributed by atoms with Crippen molar-refractivity contribution in [3.8, 4) is 5.75 Å². The Bertz CT molecular complexity index is 823. The highest BCUT2D eigenvalue weighted by molar-refractivity contribution is 5.81. The van der Waals surface area contributed by atoms with Crippen LogP contribution in [0.1, 0.15) is 56.3 Å². The fraction of sp³-hybridized carbons (Fsp3) is 0.480. The van der Waals surface area contributed by atoms with Gasteiger partial charge in [-0.05, 0) is 81.3 Å². The highest BCUT2D eigenvalue weighted by Crippen LogP contribution is 2.25. The number of rotatable bonds is 6. The lowest BCUT2D eigenvalue weighted by molar-refractivity contribution is -0.127. The van der Waals surface area contributed by atoms with Crippen LogP contribution in [0, 0.1) is 19.8 Å². The highest BCUT2D eigenvalue weighted by Gasteiger charge is 2.19. The second kappa shape index (κ2) is 9.34. The Kier molecular flexibility index (Phi) is 6.83. The molecule has 1 amide bonds. The fourth-order valence-electron chi connectivity index (χ4n) is 3.73. The number of nitrogens with zero attached hydrogens (tertiary/aromatic N) is 1. The zero-order chi connectivity index (χ0) is 21.0. The summed E-state index contributed by atoms with van der Waals surface area (Å²) in [7, 11) is 0. The van der Waals surface area contributed by atoms with Crippen molar-refractivity contribution >= 4 is 11.6 Å². The van der Waals surface area contributed by atoms with E-state index in [1.54, 1.807) is 6.92 Å². The van der Waals surface area contributed by atoms with Crippen LogP contribution in [-0.4, -0.2) is 25.1 Å². The first-order valence-electron chi connectivity index (χ1n) is 10.7. The molecule has 1 N–H and O–H groups in total. The van der Waals surface area contributed by atoms with Crippen molar-refractivity contribution < 1.29 is 9.53 Å². The number of hydrogen-bond acceptors (Lipinski definition) is 3. The quantitative estimate of drug-likeness (QED) is 0.733. The van der Waals surface area contributed by atoms with Crippen molar-refractivity contribution in [2.24, 2.45) is 5.92 Å². The highest BCUT2D eigenvalue weighted by atomic mass is 16.5. The Morgan fingerprint density at radius 1 is 1.07 bits per heavy atom. The van der Waals surface area contributed by atoms with Gasteiger partial charge in [0.2, 0.25) is 0 Å². The summed E-state index contributed by atoms with van der Waals surface area (Å²) in [5.41, 5.74) is 4.53. The van der Waals surface area contributed by atoms with E-state index in [4.69, 9.17) is 4.74 Å². The molecule has 0 radical (unpaired) electrons. The molecule has 2 atom stereocenters. The maximum atomic E-state index is 12.6. The molecule has 2 aromatic carbocycles.